The van der Waals surface area contributed by atoms with E-state index in [0.29, 0.717) is 5.95 Å². The van der Waals surface area contributed by atoms with Gasteiger partial charge in [0, 0.05) is 6.54 Å². The highest BCUT2D eigenvalue weighted by atomic mass is 32.1. The monoisotopic (exact) mass is 362 g/mol. The highest BCUT2D eigenvalue weighted by Gasteiger charge is 2.24. The number of thiophene rings is 1. The van der Waals surface area contributed by atoms with Crippen LogP contribution in [-0.4, -0.2) is 28.5 Å². The summed E-state index contributed by atoms with van der Waals surface area (Å²) in [7, 11) is 0. The van der Waals surface area contributed by atoms with Crippen LogP contribution in [0.15, 0.2) is 36.4 Å². The lowest BCUT2D eigenvalue weighted by Gasteiger charge is -2.15. The molecule has 1 aromatic carbocycles. The maximum Gasteiger partial charge on any atom is 0.272 e. The Hall–Kier alpha value is -2.32. The highest BCUT2D eigenvalue weighted by molar-refractivity contribution is 7.14. The van der Waals surface area contributed by atoms with Crippen LogP contribution < -0.4 is 10.6 Å². The standard InChI is InChI=1S/C17H16F2N4OS/c18-15(19)13-5-6-14(25-13)16(24)22-17-21-11-3-1-2-4-12(11)23(17)10-7-8-20-9-10/h1-6,10,15,20H,7-9H2,(H,21,22,24). The van der Waals surface area contributed by atoms with Crippen molar-refractivity contribution in [2.24, 2.45) is 0 Å². The van der Waals surface area contributed by atoms with Gasteiger partial charge in [-0.15, -0.1) is 11.3 Å². The molecule has 4 rings (SSSR count). The van der Waals surface area contributed by atoms with Crippen molar-refractivity contribution >= 4 is 34.2 Å². The quantitative estimate of drug-likeness (QED) is 0.742. The molecule has 0 radical (unpaired) electrons. The number of imidazole rings is 1. The first-order valence-corrected chi connectivity index (χ1v) is 8.82. The average molecular weight is 362 g/mol. The molecule has 1 saturated heterocycles. The first-order valence-electron chi connectivity index (χ1n) is 8.00. The Morgan fingerprint density at radius 2 is 2.16 bits per heavy atom. The predicted molar refractivity (Wildman–Crippen MR) is 93.5 cm³/mol. The van der Waals surface area contributed by atoms with Gasteiger partial charge in [-0.25, -0.2) is 13.8 Å². The van der Waals surface area contributed by atoms with E-state index in [2.05, 4.69) is 15.6 Å². The molecule has 2 aromatic heterocycles. The van der Waals surface area contributed by atoms with Crippen molar-refractivity contribution in [1.82, 2.24) is 14.9 Å². The Morgan fingerprint density at radius 3 is 2.88 bits per heavy atom. The Kier molecular flexibility index (Phi) is 4.22. The van der Waals surface area contributed by atoms with Crippen molar-refractivity contribution in [2.45, 2.75) is 18.9 Å². The zero-order valence-corrected chi connectivity index (χ0v) is 14.0. The van der Waals surface area contributed by atoms with Gasteiger partial charge in [-0.05, 0) is 37.2 Å². The minimum absolute atomic E-state index is 0.112. The molecule has 3 aromatic rings. The molecule has 0 saturated carbocycles. The molecule has 0 spiro atoms. The van der Waals surface area contributed by atoms with E-state index < -0.39 is 12.3 Å². The van der Waals surface area contributed by atoms with Gasteiger partial charge in [0.25, 0.3) is 12.3 Å². The molecule has 1 aliphatic rings. The molecule has 1 amide bonds. The smallest absolute Gasteiger partial charge is 0.272 e. The molecule has 1 fully saturated rings. The summed E-state index contributed by atoms with van der Waals surface area (Å²) in [5.74, 6) is 0.0336. The third-order valence-electron chi connectivity index (χ3n) is 4.29. The van der Waals surface area contributed by atoms with Gasteiger partial charge in [-0.1, -0.05) is 12.1 Å². The molecule has 5 nitrogen and oxygen atoms in total. The van der Waals surface area contributed by atoms with Gasteiger partial charge in [0.2, 0.25) is 5.95 Å². The van der Waals surface area contributed by atoms with E-state index >= 15 is 0 Å². The van der Waals surface area contributed by atoms with Gasteiger partial charge in [0.1, 0.15) is 0 Å². The maximum absolute atomic E-state index is 12.7. The second-order valence-corrected chi connectivity index (χ2v) is 7.01. The molecule has 1 unspecified atom stereocenters. The van der Waals surface area contributed by atoms with Gasteiger partial charge in [-0.2, -0.15) is 0 Å². The van der Waals surface area contributed by atoms with Crippen LogP contribution in [0.4, 0.5) is 14.7 Å². The molecule has 130 valence electrons. The van der Waals surface area contributed by atoms with Crippen LogP contribution in [0.1, 0.15) is 33.4 Å². The Morgan fingerprint density at radius 1 is 1.32 bits per heavy atom. The number of benzene rings is 1. The van der Waals surface area contributed by atoms with Gasteiger partial charge in [0.15, 0.2) is 0 Å². The maximum atomic E-state index is 12.7. The fourth-order valence-electron chi connectivity index (χ4n) is 3.12. The topological polar surface area (TPSA) is 59.0 Å². The lowest BCUT2D eigenvalue weighted by atomic mass is 10.2. The summed E-state index contributed by atoms with van der Waals surface area (Å²) < 4.78 is 27.5. The zero-order valence-electron chi connectivity index (χ0n) is 13.2. The molecule has 1 aliphatic heterocycles. The summed E-state index contributed by atoms with van der Waals surface area (Å²) in [4.78, 5) is 17.1. The van der Waals surface area contributed by atoms with Crippen LogP contribution >= 0.6 is 11.3 Å². The van der Waals surface area contributed by atoms with E-state index in [0.717, 1.165) is 41.9 Å². The Labute approximate surface area is 146 Å². The van der Waals surface area contributed by atoms with Crippen molar-refractivity contribution in [3.63, 3.8) is 0 Å². The van der Waals surface area contributed by atoms with Crippen LogP contribution in [0.5, 0.6) is 0 Å². The fraction of sp³-hybridized carbons (Fsp3) is 0.294. The van der Waals surface area contributed by atoms with Gasteiger partial charge < -0.3 is 9.88 Å². The predicted octanol–water partition coefficient (Wildman–Crippen LogP) is 3.82. The number of fused-ring (bicyclic) bond motifs is 1. The Bertz CT molecular complexity index is 914. The van der Waals surface area contributed by atoms with E-state index in [-0.39, 0.29) is 15.8 Å². The van der Waals surface area contributed by atoms with Crippen molar-refractivity contribution in [2.75, 3.05) is 18.4 Å². The fourth-order valence-corrected chi connectivity index (χ4v) is 3.88. The first kappa shape index (κ1) is 16.2. The molecular formula is C17H16F2N4OS. The number of alkyl halides is 2. The number of amides is 1. The SMILES string of the molecule is O=C(Nc1nc2ccccc2n1C1CCNC1)c1ccc(C(F)F)s1. The highest BCUT2D eigenvalue weighted by Crippen LogP contribution is 2.30. The number of anilines is 1. The number of carbonyl (C=O) groups is 1. The van der Waals surface area contributed by atoms with E-state index in [9.17, 15) is 13.6 Å². The van der Waals surface area contributed by atoms with Gasteiger partial charge in [-0.3, -0.25) is 10.1 Å². The molecule has 0 bridgehead atoms. The number of rotatable bonds is 4. The van der Waals surface area contributed by atoms with E-state index in [1.54, 1.807) is 0 Å². The Balaban J connectivity index is 1.68. The van der Waals surface area contributed by atoms with Gasteiger partial charge >= 0.3 is 0 Å². The summed E-state index contributed by atoms with van der Waals surface area (Å²) in [6, 6.07) is 10.6. The van der Waals surface area contributed by atoms with Crippen LogP contribution in [0.3, 0.4) is 0 Å². The van der Waals surface area contributed by atoms with Crippen LogP contribution in [0, 0.1) is 0 Å². The minimum atomic E-state index is -2.57. The lowest BCUT2D eigenvalue weighted by Crippen LogP contribution is -2.19. The number of nitrogens with zero attached hydrogens (tertiary/aromatic N) is 2. The van der Waals surface area contributed by atoms with Crippen molar-refractivity contribution in [1.29, 1.82) is 0 Å². The molecule has 0 aliphatic carbocycles. The first-order chi connectivity index (χ1) is 12.1. The van der Waals surface area contributed by atoms with Crippen LogP contribution in [-0.2, 0) is 0 Å². The molecular weight excluding hydrogens is 346 g/mol. The van der Waals surface area contributed by atoms with Crippen molar-refractivity contribution in [3.05, 3.63) is 46.2 Å². The third-order valence-corrected chi connectivity index (χ3v) is 5.38. The summed E-state index contributed by atoms with van der Waals surface area (Å²) in [5, 5.41) is 6.11. The minimum Gasteiger partial charge on any atom is -0.315 e. The number of para-hydroxylation sites is 2. The van der Waals surface area contributed by atoms with E-state index in [1.165, 1.54) is 12.1 Å². The second kappa shape index (κ2) is 6.53. The zero-order chi connectivity index (χ0) is 17.4. The summed E-state index contributed by atoms with van der Waals surface area (Å²) in [6.07, 6.45) is -1.63. The summed E-state index contributed by atoms with van der Waals surface area (Å²) in [5.41, 5.74) is 1.75. The number of carbonyl (C=O) groups excluding carboxylic acids is 1. The number of hydrogen-bond donors (Lipinski definition) is 2. The van der Waals surface area contributed by atoms with E-state index in [4.69, 9.17) is 0 Å². The molecule has 8 heteroatoms. The average Bonchev–Trinajstić information content (AvgIpc) is 3.33. The number of nitrogens with one attached hydrogen (secondary N) is 2. The van der Waals surface area contributed by atoms with Crippen LogP contribution in [0.25, 0.3) is 11.0 Å². The summed E-state index contributed by atoms with van der Waals surface area (Å²) >= 11 is 0.802. The molecule has 1 atom stereocenters. The van der Waals surface area contributed by atoms with Crippen LogP contribution in [0.2, 0.25) is 0 Å². The second-order valence-electron chi connectivity index (χ2n) is 5.90. The normalized spacial score (nSPS) is 17.5. The van der Waals surface area contributed by atoms with Crippen molar-refractivity contribution < 1.29 is 13.6 Å². The number of hydrogen-bond acceptors (Lipinski definition) is 4. The summed E-state index contributed by atoms with van der Waals surface area (Å²) in [6.45, 7) is 1.71. The third kappa shape index (κ3) is 3.03. The largest absolute Gasteiger partial charge is 0.315 e. The number of halogens is 2. The lowest BCUT2D eigenvalue weighted by molar-refractivity contribution is 0.102. The number of aromatic nitrogens is 2. The van der Waals surface area contributed by atoms with Crippen molar-refractivity contribution in [3.8, 4) is 0 Å². The van der Waals surface area contributed by atoms with Gasteiger partial charge in [0.05, 0.1) is 26.8 Å². The molecule has 25 heavy (non-hydrogen) atoms. The van der Waals surface area contributed by atoms with E-state index in [1.807, 2.05) is 28.8 Å². The molecule has 3 heterocycles. The molecule has 2 N–H and O–H groups in total.